The van der Waals surface area contributed by atoms with Crippen LogP contribution in [-0.4, -0.2) is 33.2 Å². The molecule has 2 aromatic rings. The van der Waals surface area contributed by atoms with E-state index in [1.807, 2.05) is 0 Å². The minimum absolute atomic E-state index is 0.124. The lowest BCUT2D eigenvalue weighted by Crippen LogP contribution is -2.35. The normalized spacial score (nSPS) is 12.3. The molecule has 20 heavy (non-hydrogen) atoms. The Morgan fingerprint density at radius 3 is 3.00 bits per heavy atom. The number of nitrogens with one attached hydrogen (secondary N) is 1. The van der Waals surface area contributed by atoms with Crippen molar-refractivity contribution in [1.82, 2.24) is 14.9 Å². The summed E-state index contributed by atoms with van der Waals surface area (Å²) in [5.74, 6) is -0.343. The molecule has 7 heteroatoms. The van der Waals surface area contributed by atoms with Crippen LogP contribution >= 0.6 is 15.9 Å². The van der Waals surface area contributed by atoms with Crippen LogP contribution in [0.3, 0.4) is 0 Å². The molecule has 0 saturated carbocycles. The maximum absolute atomic E-state index is 12.2. The molecule has 1 atom stereocenters. The van der Waals surface area contributed by atoms with E-state index >= 15 is 0 Å². The molecule has 1 amide bonds. The number of benzene rings is 1. The molecule has 2 N–H and O–H groups in total. The second-order valence-corrected chi connectivity index (χ2v) is 5.41. The summed E-state index contributed by atoms with van der Waals surface area (Å²) in [5.41, 5.74) is 0.308. The summed E-state index contributed by atoms with van der Waals surface area (Å²) >= 11 is 3.30. The molecular formula is C13H14BrN3O3. The van der Waals surface area contributed by atoms with Gasteiger partial charge < -0.3 is 10.4 Å². The van der Waals surface area contributed by atoms with Gasteiger partial charge in [-0.2, -0.15) is 0 Å². The van der Waals surface area contributed by atoms with Crippen molar-refractivity contribution in [3.63, 3.8) is 0 Å². The zero-order valence-electron chi connectivity index (χ0n) is 10.8. The summed E-state index contributed by atoms with van der Waals surface area (Å²) in [4.78, 5) is 28.0. The number of aliphatic hydroxyl groups excluding tert-OH is 1. The van der Waals surface area contributed by atoms with Crippen molar-refractivity contribution in [3.8, 4) is 0 Å². The van der Waals surface area contributed by atoms with Gasteiger partial charge in [0, 0.05) is 11.0 Å². The minimum Gasteiger partial charge on any atom is -0.392 e. The predicted molar refractivity (Wildman–Crippen MR) is 78.4 cm³/mol. The fraction of sp³-hybridized carbons (Fsp3) is 0.308. The van der Waals surface area contributed by atoms with Gasteiger partial charge >= 0.3 is 0 Å². The number of carbonyl (C=O) groups excluding carboxylic acids is 1. The van der Waals surface area contributed by atoms with Crippen LogP contribution in [0.4, 0.5) is 0 Å². The number of hydrogen-bond donors (Lipinski definition) is 2. The number of fused-ring (bicyclic) bond motifs is 1. The number of amides is 1. The third-order valence-corrected chi connectivity index (χ3v) is 3.19. The highest BCUT2D eigenvalue weighted by Gasteiger charge is 2.09. The lowest BCUT2D eigenvalue weighted by molar-refractivity contribution is -0.122. The van der Waals surface area contributed by atoms with Gasteiger partial charge in [0.25, 0.3) is 5.56 Å². The molecule has 0 aliphatic heterocycles. The van der Waals surface area contributed by atoms with E-state index in [0.717, 1.165) is 4.47 Å². The first-order chi connectivity index (χ1) is 9.47. The van der Waals surface area contributed by atoms with Crippen LogP contribution in [-0.2, 0) is 11.3 Å². The summed E-state index contributed by atoms with van der Waals surface area (Å²) in [5, 5.41) is 12.1. The molecule has 0 aliphatic carbocycles. The molecule has 0 spiro atoms. The van der Waals surface area contributed by atoms with E-state index in [0.29, 0.717) is 10.9 Å². The van der Waals surface area contributed by atoms with Crippen molar-refractivity contribution >= 4 is 32.7 Å². The summed E-state index contributed by atoms with van der Waals surface area (Å²) in [6.07, 6.45) is 0.724. The van der Waals surface area contributed by atoms with Crippen LogP contribution in [0.15, 0.2) is 33.8 Å². The molecule has 0 fully saturated rings. The SMILES string of the molecule is CC(O)CNC(=O)Cn1cnc2ccc(Br)cc2c1=O. The molecule has 0 aliphatic rings. The molecule has 1 aromatic heterocycles. The summed E-state index contributed by atoms with van der Waals surface area (Å²) in [6.45, 7) is 1.60. The lowest BCUT2D eigenvalue weighted by atomic mass is 10.2. The Morgan fingerprint density at radius 2 is 2.30 bits per heavy atom. The van der Waals surface area contributed by atoms with Crippen molar-refractivity contribution in [1.29, 1.82) is 0 Å². The van der Waals surface area contributed by atoms with Gasteiger partial charge in [-0.05, 0) is 25.1 Å². The number of aliphatic hydroxyl groups is 1. The average Bonchev–Trinajstić information content (AvgIpc) is 2.40. The zero-order valence-corrected chi connectivity index (χ0v) is 12.4. The Labute approximate surface area is 123 Å². The number of rotatable bonds is 4. The second kappa shape index (κ2) is 6.15. The Bertz CT molecular complexity index is 697. The molecule has 6 nitrogen and oxygen atoms in total. The number of carbonyl (C=O) groups is 1. The van der Waals surface area contributed by atoms with Crippen LogP contribution in [0.1, 0.15) is 6.92 Å². The second-order valence-electron chi connectivity index (χ2n) is 4.49. The van der Waals surface area contributed by atoms with Crippen molar-refractivity contribution in [3.05, 3.63) is 39.4 Å². The molecule has 1 heterocycles. The van der Waals surface area contributed by atoms with Gasteiger partial charge in [-0.3, -0.25) is 14.2 Å². The van der Waals surface area contributed by atoms with Gasteiger partial charge in [-0.15, -0.1) is 0 Å². The number of hydrogen-bond acceptors (Lipinski definition) is 4. The third-order valence-electron chi connectivity index (χ3n) is 2.69. The quantitative estimate of drug-likeness (QED) is 0.856. The fourth-order valence-electron chi connectivity index (χ4n) is 1.72. The molecule has 2 rings (SSSR count). The summed E-state index contributed by atoms with van der Waals surface area (Å²) in [7, 11) is 0. The first-order valence-electron chi connectivity index (χ1n) is 6.07. The summed E-state index contributed by atoms with van der Waals surface area (Å²) < 4.78 is 2.02. The number of nitrogens with zero attached hydrogens (tertiary/aromatic N) is 2. The van der Waals surface area contributed by atoms with Crippen molar-refractivity contribution in [2.24, 2.45) is 0 Å². The first-order valence-corrected chi connectivity index (χ1v) is 6.86. The highest BCUT2D eigenvalue weighted by Crippen LogP contribution is 2.14. The van der Waals surface area contributed by atoms with Gasteiger partial charge in [0.2, 0.25) is 5.91 Å². The number of halogens is 1. The monoisotopic (exact) mass is 339 g/mol. The van der Waals surface area contributed by atoms with Crippen LogP contribution in [0.2, 0.25) is 0 Å². The maximum Gasteiger partial charge on any atom is 0.261 e. The van der Waals surface area contributed by atoms with Crippen LogP contribution < -0.4 is 10.9 Å². The van der Waals surface area contributed by atoms with Gasteiger partial charge in [0.15, 0.2) is 0 Å². The van der Waals surface area contributed by atoms with Crippen LogP contribution in [0.5, 0.6) is 0 Å². The highest BCUT2D eigenvalue weighted by atomic mass is 79.9. The fourth-order valence-corrected chi connectivity index (χ4v) is 2.08. The Balaban J connectivity index is 2.25. The van der Waals surface area contributed by atoms with E-state index in [1.165, 1.54) is 10.9 Å². The van der Waals surface area contributed by atoms with Crippen LogP contribution in [0, 0.1) is 0 Å². The maximum atomic E-state index is 12.2. The van der Waals surface area contributed by atoms with Crippen LogP contribution in [0.25, 0.3) is 10.9 Å². The van der Waals surface area contributed by atoms with E-state index in [-0.39, 0.29) is 24.6 Å². The standard InChI is InChI=1S/C13H14BrN3O3/c1-8(18)5-15-12(19)6-17-7-16-11-3-2-9(14)4-10(11)13(17)20/h2-4,7-8,18H,5-6H2,1H3,(H,15,19). The summed E-state index contributed by atoms with van der Waals surface area (Å²) in [6, 6.07) is 5.21. The topological polar surface area (TPSA) is 84.2 Å². The van der Waals surface area contributed by atoms with Crippen molar-refractivity contribution < 1.29 is 9.90 Å². The molecule has 0 saturated heterocycles. The largest absolute Gasteiger partial charge is 0.392 e. The average molecular weight is 340 g/mol. The molecule has 0 radical (unpaired) electrons. The Morgan fingerprint density at radius 1 is 1.55 bits per heavy atom. The van der Waals surface area contributed by atoms with E-state index in [9.17, 15) is 9.59 Å². The van der Waals surface area contributed by atoms with Crippen molar-refractivity contribution in [2.45, 2.75) is 19.6 Å². The first kappa shape index (κ1) is 14.7. The molecule has 0 bridgehead atoms. The van der Waals surface area contributed by atoms with E-state index in [1.54, 1.807) is 25.1 Å². The Hall–Kier alpha value is -1.73. The smallest absolute Gasteiger partial charge is 0.261 e. The molecule has 106 valence electrons. The van der Waals surface area contributed by atoms with Gasteiger partial charge in [0.1, 0.15) is 6.54 Å². The minimum atomic E-state index is -0.624. The number of aromatic nitrogens is 2. The molecular weight excluding hydrogens is 326 g/mol. The zero-order chi connectivity index (χ0) is 14.7. The molecule has 1 unspecified atom stereocenters. The highest BCUT2D eigenvalue weighted by molar-refractivity contribution is 9.10. The van der Waals surface area contributed by atoms with Crippen molar-refractivity contribution in [2.75, 3.05) is 6.54 Å². The van der Waals surface area contributed by atoms with Gasteiger partial charge in [0.05, 0.1) is 23.3 Å². The van der Waals surface area contributed by atoms with E-state index < -0.39 is 6.10 Å². The third kappa shape index (κ3) is 3.43. The van der Waals surface area contributed by atoms with E-state index in [2.05, 4.69) is 26.2 Å². The van der Waals surface area contributed by atoms with Gasteiger partial charge in [-0.25, -0.2) is 4.98 Å². The predicted octanol–water partition coefficient (Wildman–Crippen LogP) is 0.656. The van der Waals surface area contributed by atoms with Gasteiger partial charge in [-0.1, -0.05) is 15.9 Å². The van der Waals surface area contributed by atoms with E-state index in [4.69, 9.17) is 5.11 Å². The molecule has 1 aromatic carbocycles. The lowest BCUT2D eigenvalue weighted by Gasteiger charge is -2.09. The Kier molecular flexibility index (Phi) is 4.51.